The second-order valence-corrected chi connectivity index (χ2v) is 4.33. The van der Waals surface area contributed by atoms with Gasteiger partial charge in [0.1, 0.15) is 17.3 Å². The first-order valence-electron chi connectivity index (χ1n) is 6.14. The fourth-order valence-corrected chi connectivity index (χ4v) is 1.79. The van der Waals surface area contributed by atoms with Crippen LogP contribution in [0.15, 0.2) is 48.5 Å². The number of hydrogen-bond acceptors (Lipinski definition) is 1. The molecular weight excluding hydrogens is 262 g/mol. The van der Waals surface area contributed by atoms with Gasteiger partial charge in [0.2, 0.25) is 0 Å². The maximum Gasteiger partial charge on any atom is 0.319 e. The summed E-state index contributed by atoms with van der Waals surface area (Å²) in [5.74, 6) is -1.62. The average Bonchev–Trinajstić information content (AvgIpc) is 2.44. The predicted octanol–water partition coefficient (Wildman–Crippen LogP) is 3.85. The van der Waals surface area contributed by atoms with Crippen LogP contribution in [0.25, 0.3) is 0 Å². The molecule has 1 unspecified atom stereocenters. The van der Waals surface area contributed by atoms with E-state index in [-0.39, 0.29) is 6.04 Å². The molecule has 3 nitrogen and oxygen atoms in total. The molecule has 0 heterocycles. The molecule has 2 aromatic rings. The summed E-state index contributed by atoms with van der Waals surface area (Å²) < 4.78 is 26.8. The number of rotatable bonds is 3. The Balaban J connectivity index is 2.03. The summed E-state index contributed by atoms with van der Waals surface area (Å²) in [4.78, 5) is 11.7. The van der Waals surface area contributed by atoms with Crippen LogP contribution in [0.5, 0.6) is 0 Å². The number of anilines is 1. The van der Waals surface area contributed by atoms with E-state index in [1.165, 1.54) is 6.07 Å². The van der Waals surface area contributed by atoms with Crippen LogP contribution in [0, 0.1) is 11.6 Å². The van der Waals surface area contributed by atoms with Gasteiger partial charge in [-0.2, -0.15) is 0 Å². The highest BCUT2D eigenvalue weighted by molar-refractivity contribution is 5.89. The molecule has 1 atom stereocenters. The Labute approximate surface area is 115 Å². The van der Waals surface area contributed by atoms with Crippen molar-refractivity contribution in [3.05, 3.63) is 65.7 Å². The Bertz CT molecular complexity index is 582. The number of nitrogens with one attached hydrogen (secondary N) is 2. The second kappa shape index (κ2) is 6.14. The number of amides is 2. The van der Waals surface area contributed by atoms with E-state index < -0.39 is 23.4 Å². The van der Waals surface area contributed by atoms with Crippen LogP contribution in [-0.4, -0.2) is 6.03 Å². The standard InChI is InChI=1S/C15H14F2N2O/c1-10(11-6-3-2-4-7-11)18-15(20)19-14-12(16)8-5-9-13(14)17/h2-10H,1H3,(H2,18,19,20). The number of para-hydroxylation sites is 1. The maximum absolute atomic E-state index is 13.4. The van der Waals surface area contributed by atoms with Crippen molar-refractivity contribution in [1.82, 2.24) is 5.32 Å². The van der Waals surface area contributed by atoms with Crippen molar-refractivity contribution in [2.24, 2.45) is 0 Å². The first-order chi connectivity index (χ1) is 9.58. The quantitative estimate of drug-likeness (QED) is 0.878. The summed E-state index contributed by atoms with van der Waals surface area (Å²) in [6, 6.07) is 11.7. The molecule has 2 aromatic carbocycles. The van der Waals surface area contributed by atoms with E-state index in [1.807, 2.05) is 30.3 Å². The third-order valence-electron chi connectivity index (χ3n) is 2.85. The van der Waals surface area contributed by atoms with Crippen molar-refractivity contribution in [1.29, 1.82) is 0 Å². The Hall–Kier alpha value is -2.43. The topological polar surface area (TPSA) is 41.1 Å². The van der Waals surface area contributed by atoms with Gasteiger partial charge in [-0.15, -0.1) is 0 Å². The summed E-state index contributed by atoms with van der Waals surface area (Å²) in [7, 11) is 0. The van der Waals surface area contributed by atoms with Crippen molar-refractivity contribution in [2.45, 2.75) is 13.0 Å². The highest BCUT2D eigenvalue weighted by atomic mass is 19.1. The highest BCUT2D eigenvalue weighted by Crippen LogP contribution is 2.18. The van der Waals surface area contributed by atoms with Gasteiger partial charge in [-0.25, -0.2) is 13.6 Å². The molecule has 0 aliphatic heterocycles. The molecule has 0 radical (unpaired) electrons. The smallest absolute Gasteiger partial charge is 0.319 e. The maximum atomic E-state index is 13.4. The summed E-state index contributed by atoms with van der Waals surface area (Å²) >= 11 is 0. The fourth-order valence-electron chi connectivity index (χ4n) is 1.79. The third-order valence-corrected chi connectivity index (χ3v) is 2.85. The molecule has 2 rings (SSSR count). The van der Waals surface area contributed by atoms with Gasteiger partial charge in [-0.1, -0.05) is 36.4 Å². The molecule has 0 aromatic heterocycles. The zero-order chi connectivity index (χ0) is 14.5. The van der Waals surface area contributed by atoms with Crippen LogP contribution in [0.3, 0.4) is 0 Å². The molecule has 20 heavy (non-hydrogen) atoms. The van der Waals surface area contributed by atoms with E-state index in [2.05, 4.69) is 10.6 Å². The zero-order valence-corrected chi connectivity index (χ0v) is 10.9. The van der Waals surface area contributed by atoms with Crippen molar-refractivity contribution < 1.29 is 13.6 Å². The van der Waals surface area contributed by atoms with E-state index in [0.717, 1.165) is 17.7 Å². The first kappa shape index (κ1) is 14.0. The SMILES string of the molecule is CC(NC(=O)Nc1c(F)cccc1F)c1ccccc1. The zero-order valence-electron chi connectivity index (χ0n) is 10.9. The lowest BCUT2D eigenvalue weighted by molar-refractivity contribution is 0.249. The van der Waals surface area contributed by atoms with E-state index in [9.17, 15) is 13.6 Å². The van der Waals surface area contributed by atoms with Gasteiger partial charge < -0.3 is 10.6 Å². The number of benzene rings is 2. The van der Waals surface area contributed by atoms with Crippen LogP contribution in [0.4, 0.5) is 19.3 Å². The third kappa shape index (κ3) is 3.32. The van der Waals surface area contributed by atoms with Crippen LogP contribution in [0.1, 0.15) is 18.5 Å². The van der Waals surface area contributed by atoms with E-state index in [0.29, 0.717) is 0 Å². The Kier molecular flexibility index (Phi) is 4.30. The van der Waals surface area contributed by atoms with E-state index >= 15 is 0 Å². The van der Waals surface area contributed by atoms with Gasteiger partial charge in [0.05, 0.1) is 6.04 Å². The molecule has 2 amide bonds. The van der Waals surface area contributed by atoms with Crippen molar-refractivity contribution >= 4 is 11.7 Å². The lowest BCUT2D eigenvalue weighted by Gasteiger charge is -2.15. The van der Waals surface area contributed by atoms with Gasteiger partial charge in [0.15, 0.2) is 0 Å². The summed E-state index contributed by atoms with van der Waals surface area (Å²) in [6.07, 6.45) is 0. The van der Waals surface area contributed by atoms with E-state index in [4.69, 9.17) is 0 Å². The molecule has 0 saturated carbocycles. The molecule has 0 bridgehead atoms. The lowest BCUT2D eigenvalue weighted by atomic mass is 10.1. The number of halogens is 2. The predicted molar refractivity (Wildman–Crippen MR) is 73.4 cm³/mol. The van der Waals surface area contributed by atoms with Crippen LogP contribution in [0.2, 0.25) is 0 Å². The number of carbonyl (C=O) groups is 1. The molecule has 2 N–H and O–H groups in total. The molecule has 0 aliphatic carbocycles. The van der Waals surface area contributed by atoms with Crippen molar-refractivity contribution in [2.75, 3.05) is 5.32 Å². The van der Waals surface area contributed by atoms with Crippen LogP contribution in [-0.2, 0) is 0 Å². The number of carbonyl (C=O) groups excluding carboxylic acids is 1. The molecule has 0 saturated heterocycles. The largest absolute Gasteiger partial charge is 0.331 e. The van der Waals surface area contributed by atoms with Crippen LogP contribution >= 0.6 is 0 Å². The van der Waals surface area contributed by atoms with Gasteiger partial charge >= 0.3 is 6.03 Å². The van der Waals surface area contributed by atoms with Crippen molar-refractivity contribution in [3.8, 4) is 0 Å². The minimum Gasteiger partial charge on any atom is -0.331 e. The van der Waals surface area contributed by atoms with Crippen LogP contribution < -0.4 is 10.6 Å². The minimum absolute atomic E-state index is 0.272. The Morgan fingerprint density at radius 2 is 1.60 bits per heavy atom. The fraction of sp³-hybridized carbons (Fsp3) is 0.133. The minimum atomic E-state index is -0.812. The molecule has 0 fully saturated rings. The Morgan fingerprint density at radius 3 is 2.20 bits per heavy atom. The number of hydrogen-bond donors (Lipinski definition) is 2. The normalized spacial score (nSPS) is 11.8. The molecule has 0 aliphatic rings. The summed E-state index contributed by atoms with van der Waals surface area (Å²) in [5.41, 5.74) is 0.446. The highest BCUT2D eigenvalue weighted by Gasteiger charge is 2.14. The summed E-state index contributed by atoms with van der Waals surface area (Å²) in [6.45, 7) is 1.78. The average molecular weight is 276 g/mol. The molecule has 0 spiro atoms. The van der Waals surface area contributed by atoms with Crippen molar-refractivity contribution in [3.63, 3.8) is 0 Å². The van der Waals surface area contributed by atoms with Gasteiger partial charge in [0, 0.05) is 0 Å². The first-order valence-corrected chi connectivity index (χ1v) is 6.14. The van der Waals surface area contributed by atoms with Gasteiger partial charge in [0.25, 0.3) is 0 Å². The second-order valence-electron chi connectivity index (χ2n) is 4.33. The molecular formula is C15H14F2N2O. The van der Waals surface area contributed by atoms with Gasteiger partial charge in [-0.05, 0) is 24.6 Å². The lowest BCUT2D eigenvalue weighted by Crippen LogP contribution is -2.31. The molecule has 104 valence electrons. The Morgan fingerprint density at radius 1 is 1.00 bits per heavy atom. The molecule has 5 heteroatoms. The summed E-state index contributed by atoms with van der Waals surface area (Å²) in [5, 5.41) is 4.79. The van der Waals surface area contributed by atoms with E-state index in [1.54, 1.807) is 6.92 Å². The van der Waals surface area contributed by atoms with Gasteiger partial charge in [-0.3, -0.25) is 0 Å². The monoisotopic (exact) mass is 276 g/mol. The number of urea groups is 1.